The molecule has 0 radical (unpaired) electrons. The molecular weight excluding hydrogens is 376 g/mol. The van der Waals surface area contributed by atoms with Gasteiger partial charge in [0, 0.05) is 5.56 Å². The molecule has 2 rings (SSSR count). The van der Waals surface area contributed by atoms with Gasteiger partial charge < -0.3 is 15.3 Å². The number of aliphatic hydroxyl groups is 2. The van der Waals surface area contributed by atoms with Crippen LogP contribution in [0.3, 0.4) is 0 Å². The molecular formula is C22H32O5S. The van der Waals surface area contributed by atoms with Crippen LogP contribution >= 0.6 is 0 Å². The van der Waals surface area contributed by atoms with E-state index < -0.39 is 27.8 Å². The Morgan fingerprint density at radius 1 is 1.21 bits per heavy atom. The van der Waals surface area contributed by atoms with Gasteiger partial charge in [-0.3, -0.25) is 0 Å². The molecule has 0 spiro atoms. The fraction of sp³-hybridized carbons (Fsp3) is 0.545. The summed E-state index contributed by atoms with van der Waals surface area (Å²) in [4.78, 5) is 0. The van der Waals surface area contributed by atoms with E-state index in [0.717, 1.165) is 36.0 Å². The smallest absolute Gasteiger partial charge is 0.163 e. The van der Waals surface area contributed by atoms with Crippen LogP contribution in [0.1, 0.15) is 57.9 Å². The summed E-state index contributed by atoms with van der Waals surface area (Å²) in [6.07, 6.45) is 5.25. The van der Waals surface area contributed by atoms with Crippen molar-refractivity contribution in [2.75, 3.05) is 12.4 Å². The highest BCUT2D eigenvalue weighted by Gasteiger charge is 2.40. The zero-order valence-electron chi connectivity index (χ0n) is 16.8. The van der Waals surface area contributed by atoms with E-state index in [4.69, 9.17) is 0 Å². The Kier molecular flexibility index (Phi) is 8.28. The maximum Gasteiger partial charge on any atom is 0.163 e. The van der Waals surface area contributed by atoms with E-state index in [1.165, 1.54) is 0 Å². The van der Waals surface area contributed by atoms with Crippen molar-refractivity contribution in [3.05, 3.63) is 46.5 Å². The second-order valence-electron chi connectivity index (χ2n) is 7.45. The molecule has 0 unspecified atom stereocenters. The van der Waals surface area contributed by atoms with Crippen LogP contribution in [-0.2, 0) is 9.84 Å². The Balaban J connectivity index is 2.20. The van der Waals surface area contributed by atoms with Crippen molar-refractivity contribution in [1.82, 2.24) is 0 Å². The zero-order valence-corrected chi connectivity index (χ0v) is 17.6. The number of allylic oxidation sites excluding steroid dienone is 1. The van der Waals surface area contributed by atoms with Crippen molar-refractivity contribution in [2.45, 2.75) is 63.7 Å². The minimum atomic E-state index is -3.44. The highest BCUT2D eigenvalue weighted by Crippen LogP contribution is 2.34. The number of para-hydroxylation sites is 1. The van der Waals surface area contributed by atoms with Gasteiger partial charge >= 0.3 is 0 Å². The van der Waals surface area contributed by atoms with Gasteiger partial charge in [-0.05, 0) is 37.3 Å². The van der Waals surface area contributed by atoms with Gasteiger partial charge in [-0.15, -0.1) is 0 Å². The SMILES string of the molecule is CCCC1=C([C@H](O)CC/C(=C/c2ccccc2O)CCC)[C@H](CO)S(=O)(=O)C1. The van der Waals surface area contributed by atoms with Crippen LogP contribution in [0.4, 0.5) is 0 Å². The number of sulfone groups is 1. The Bertz CT molecular complexity index is 823. The summed E-state index contributed by atoms with van der Waals surface area (Å²) in [6.45, 7) is 3.56. The number of benzene rings is 1. The molecule has 0 fully saturated rings. The minimum absolute atomic E-state index is 0.0615. The van der Waals surface area contributed by atoms with E-state index in [0.29, 0.717) is 24.8 Å². The van der Waals surface area contributed by atoms with Gasteiger partial charge in [0.15, 0.2) is 9.84 Å². The summed E-state index contributed by atoms with van der Waals surface area (Å²) < 4.78 is 24.7. The highest BCUT2D eigenvalue weighted by atomic mass is 32.2. The summed E-state index contributed by atoms with van der Waals surface area (Å²) in [5, 5.41) is 29.5. The highest BCUT2D eigenvalue weighted by molar-refractivity contribution is 7.92. The van der Waals surface area contributed by atoms with Crippen molar-refractivity contribution < 1.29 is 23.7 Å². The Morgan fingerprint density at radius 3 is 2.54 bits per heavy atom. The molecule has 1 aliphatic heterocycles. The minimum Gasteiger partial charge on any atom is -0.507 e. The Morgan fingerprint density at radius 2 is 1.93 bits per heavy atom. The number of hydrogen-bond donors (Lipinski definition) is 3. The lowest BCUT2D eigenvalue weighted by atomic mass is 9.92. The molecule has 0 aromatic heterocycles. The van der Waals surface area contributed by atoms with Crippen LogP contribution in [0.5, 0.6) is 5.75 Å². The fourth-order valence-electron chi connectivity index (χ4n) is 3.93. The van der Waals surface area contributed by atoms with Gasteiger partial charge in [0.2, 0.25) is 0 Å². The predicted octanol–water partition coefficient (Wildman–Crippen LogP) is 3.60. The first-order chi connectivity index (χ1) is 13.3. The summed E-state index contributed by atoms with van der Waals surface area (Å²) in [5.41, 5.74) is 3.10. The molecule has 1 aromatic rings. The van der Waals surface area contributed by atoms with Gasteiger partial charge in [0.25, 0.3) is 0 Å². The topological polar surface area (TPSA) is 94.8 Å². The monoisotopic (exact) mass is 408 g/mol. The number of aliphatic hydroxyl groups excluding tert-OH is 2. The third-order valence-corrected chi connectivity index (χ3v) is 7.27. The quantitative estimate of drug-likeness (QED) is 0.514. The lowest BCUT2D eigenvalue weighted by Gasteiger charge is -2.20. The van der Waals surface area contributed by atoms with Crippen molar-refractivity contribution in [1.29, 1.82) is 0 Å². The average Bonchev–Trinajstić information content (AvgIpc) is 2.91. The Labute approximate surface area is 168 Å². The van der Waals surface area contributed by atoms with Gasteiger partial charge in [0.05, 0.1) is 18.5 Å². The molecule has 6 heteroatoms. The lowest BCUT2D eigenvalue weighted by molar-refractivity contribution is 0.188. The first-order valence-corrected chi connectivity index (χ1v) is 11.7. The molecule has 1 heterocycles. The maximum atomic E-state index is 12.4. The summed E-state index contributed by atoms with van der Waals surface area (Å²) in [5.74, 6) is 0.153. The van der Waals surface area contributed by atoms with Crippen molar-refractivity contribution >= 4 is 15.9 Å². The Hall–Kier alpha value is -1.63. The van der Waals surface area contributed by atoms with Crippen LogP contribution in [-0.4, -0.2) is 47.5 Å². The first-order valence-electron chi connectivity index (χ1n) is 10.0. The largest absolute Gasteiger partial charge is 0.507 e. The van der Waals surface area contributed by atoms with Crippen LogP contribution in [0.15, 0.2) is 41.0 Å². The first kappa shape index (κ1) is 22.7. The molecule has 156 valence electrons. The van der Waals surface area contributed by atoms with E-state index in [-0.39, 0.29) is 11.5 Å². The van der Waals surface area contributed by atoms with Crippen LogP contribution < -0.4 is 0 Å². The fourth-order valence-corrected chi connectivity index (χ4v) is 5.86. The third-order valence-electron chi connectivity index (χ3n) is 5.25. The van der Waals surface area contributed by atoms with Gasteiger partial charge in [-0.1, -0.05) is 62.1 Å². The van der Waals surface area contributed by atoms with Crippen LogP contribution in [0, 0.1) is 0 Å². The number of rotatable bonds is 10. The second-order valence-corrected chi connectivity index (χ2v) is 9.64. The summed E-state index contributed by atoms with van der Waals surface area (Å²) in [6, 6.07) is 7.12. The van der Waals surface area contributed by atoms with Crippen LogP contribution in [0.25, 0.3) is 6.08 Å². The van der Waals surface area contributed by atoms with Crippen LogP contribution in [0.2, 0.25) is 0 Å². The predicted molar refractivity (Wildman–Crippen MR) is 113 cm³/mol. The van der Waals surface area contributed by atoms with E-state index in [1.807, 2.05) is 25.1 Å². The molecule has 28 heavy (non-hydrogen) atoms. The summed E-state index contributed by atoms with van der Waals surface area (Å²) >= 11 is 0. The molecule has 3 N–H and O–H groups in total. The van der Waals surface area contributed by atoms with E-state index >= 15 is 0 Å². The molecule has 1 aromatic carbocycles. The molecule has 0 aliphatic carbocycles. The number of phenolic OH excluding ortho intramolecular Hbond substituents is 1. The molecule has 2 atom stereocenters. The number of aromatic hydroxyl groups is 1. The standard InChI is InChI=1S/C22H32O5S/c1-3-7-16(13-17-9-5-6-10-19(17)24)11-12-20(25)22-18(8-4-2)15-28(26,27)21(22)14-23/h5-6,9-10,13,20-21,23-25H,3-4,7-8,11-12,14-15H2,1-2H3/b16-13+/t20-,21+/m1/s1. The molecule has 0 saturated heterocycles. The average molecular weight is 409 g/mol. The molecule has 0 amide bonds. The van der Waals surface area contributed by atoms with Crippen molar-refractivity contribution in [3.63, 3.8) is 0 Å². The molecule has 5 nitrogen and oxygen atoms in total. The van der Waals surface area contributed by atoms with Gasteiger partial charge in [-0.2, -0.15) is 0 Å². The number of phenols is 1. The van der Waals surface area contributed by atoms with E-state index in [9.17, 15) is 23.7 Å². The number of hydrogen-bond acceptors (Lipinski definition) is 5. The van der Waals surface area contributed by atoms with E-state index in [1.54, 1.807) is 12.1 Å². The van der Waals surface area contributed by atoms with E-state index in [2.05, 4.69) is 6.92 Å². The molecule has 0 bridgehead atoms. The van der Waals surface area contributed by atoms with Crippen molar-refractivity contribution in [3.8, 4) is 5.75 Å². The van der Waals surface area contributed by atoms with Gasteiger partial charge in [-0.25, -0.2) is 8.42 Å². The summed E-state index contributed by atoms with van der Waals surface area (Å²) in [7, 11) is -3.44. The maximum absolute atomic E-state index is 12.4. The van der Waals surface area contributed by atoms with Gasteiger partial charge in [0.1, 0.15) is 11.0 Å². The molecule has 1 aliphatic rings. The van der Waals surface area contributed by atoms with Crippen molar-refractivity contribution in [2.24, 2.45) is 0 Å². The second kappa shape index (κ2) is 10.2. The molecule has 0 saturated carbocycles. The lowest BCUT2D eigenvalue weighted by Crippen LogP contribution is -2.29. The third kappa shape index (κ3) is 5.46. The normalized spacial score (nSPS) is 20.6. The zero-order chi connectivity index (χ0) is 20.7.